The van der Waals surface area contributed by atoms with E-state index in [2.05, 4.69) is 25.7 Å². The number of benzene rings is 2. The molecule has 0 aliphatic carbocycles. The number of imidazole rings is 1. The van der Waals surface area contributed by atoms with Crippen LogP contribution >= 0.6 is 11.6 Å². The van der Waals surface area contributed by atoms with Crippen molar-refractivity contribution in [1.82, 2.24) is 14.9 Å². The fourth-order valence-electron chi connectivity index (χ4n) is 3.24. The number of nitrogens with zero attached hydrogens (tertiary/aromatic N) is 2. The summed E-state index contributed by atoms with van der Waals surface area (Å²) in [5.41, 5.74) is -0.392. The molecule has 0 radical (unpaired) electrons. The van der Waals surface area contributed by atoms with Crippen LogP contribution in [0.2, 0.25) is 0 Å². The summed E-state index contributed by atoms with van der Waals surface area (Å²) in [6, 6.07) is 7.56. The molecule has 0 bridgehead atoms. The fourth-order valence-corrected chi connectivity index (χ4v) is 3.32. The van der Waals surface area contributed by atoms with E-state index in [1.807, 2.05) is 0 Å². The molecule has 3 rings (SSSR count). The molecule has 3 N–H and O–H groups in total. The molecule has 1 heterocycles. The average Bonchev–Trinajstić information content (AvgIpc) is 3.28. The van der Waals surface area contributed by atoms with Crippen molar-refractivity contribution in [2.24, 2.45) is 0 Å². The van der Waals surface area contributed by atoms with E-state index in [1.54, 1.807) is 0 Å². The first-order valence-electron chi connectivity index (χ1n) is 11.4. The molecule has 3 aromatic rings. The number of rotatable bonds is 10. The number of anilines is 2. The predicted octanol–water partition coefficient (Wildman–Crippen LogP) is 5.00. The lowest BCUT2D eigenvalue weighted by atomic mass is 10.1. The number of halogens is 7. The van der Waals surface area contributed by atoms with Crippen LogP contribution in [-0.4, -0.2) is 52.9 Å². The Labute approximate surface area is 232 Å². The van der Waals surface area contributed by atoms with Crippen molar-refractivity contribution in [2.45, 2.75) is 19.1 Å². The SMILES string of the molecule is O=C(Nc1ccc(OC(F)(F)F)cc1)Nc1cn(Cc2ccc(C(F)(F)F)cc2)c(C(=O)NCCOC(=O)CCl)n1. The van der Waals surface area contributed by atoms with Crippen LogP contribution < -0.4 is 20.7 Å². The highest BCUT2D eigenvalue weighted by Gasteiger charge is 2.31. The van der Waals surface area contributed by atoms with Gasteiger partial charge in [0.25, 0.3) is 5.91 Å². The minimum absolute atomic E-state index is 0.102. The summed E-state index contributed by atoms with van der Waals surface area (Å²) < 4.78 is 85.4. The van der Waals surface area contributed by atoms with E-state index in [9.17, 15) is 40.7 Å². The second-order valence-corrected chi connectivity index (χ2v) is 8.30. The molecule has 41 heavy (non-hydrogen) atoms. The van der Waals surface area contributed by atoms with Crippen molar-refractivity contribution in [3.8, 4) is 5.75 Å². The number of aromatic nitrogens is 2. The van der Waals surface area contributed by atoms with E-state index in [0.29, 0.717) is 5.56 Å². The third-order valence-corrected chi connectivity index (χ3v) is 5.18. The van der Waals surface area contributed by atoms with Gasteiger partial charge in [-0.3, -0.25) is 14.9 Å². The molecule has 0 saturated carbocycles. The molecule has 0 fully saturated rings. The van der Waals surface area contributed by atoms with Gasteiger partial charge in [0, 0.05) is 18.4 Å². The molecule has 220 valence electrons. The van der Waals surface area contributed by atoms with Gasteiger partial charge in [-0.05, 0) is 42.0 Å². The molecule has 0 atom stereocenters. The lowest BCUT2D eigenvalue weighted by Gasteiger charge is -2.10. The lowest BCUT2D eigenvalue weighted by molar-refractivity contribution is -0.274. The number of ether oxygens (including phenoxy) is 2. The maximum Gasteiger partial charge on any atom is 0.573 e. The number of alkyl halides is 7. The molecule has 1 aromatic heterocycles. The molecular formula is C24H20ClF6N5O5. The van der Waals surface area contributed by atoms with E-state index in [-0.39, 0.29) is 42.9 Å². The predicted molar refractivity (Wildman–Crippen MR) is 133 cm³/mol. The Morgan fingerprint density at radius 2 is 1.59 bits per heavy atom. The zero-order chi connectivity index (χ0) is 30.2. The van der Waals surface area contributed by atoms with Gasteiger partial charge in [0.1, 0.15) is 18.2 Å². The van der Waals surface area contributed by atoms with Crippen molar-refractivity contribution in [3.05, 3.63) is 71.7 Å². The first-order chi connectivity index (χ1) is 19.2. The number of nitrogens with one attached hydrogen (secondary N) is 3. The number of hydrogen-bond donors (Lipinski definition) is 3. The maximum atomic E-state index is 12.9. The Kier molecular flexibility index (Phi) is 10.0. The molecule has 0 spiro atoms. The highest BCUT2D eigenvalue weighted by Crippen LogP contribution is 2.29. The third-order valence-electron chi connectivity index (χ3n) is 4.96. The quantitative estimate of drug-likeness (QED) is 0.129. The first-order valence-corrected chi connectivity index (χ1v) is 11.9. The summed E-state index contributed by atoms with van der Waals surface area (Å²) in [5, 5.41) is 7.17. The summed E-state index contributed by atoms with van der Waals surface area (Å²) >= 11 is 5.32. The second-order valence-electron chi connectivity index (χ2n) is 8.03. The lowest BCUT2D eigenvalue weighted by Crippen LogP contribution is -2.30. The van der Waals surface area contributed by atoms with Gasteiger partial charge in [-0.2, -0.15) is 13.2 Å². The van der Waals surface area contributed by atoms with E-state index < -0.39 is 41.8 Å². The Morgan fingerprint density at radius 1 is 0.927 bits per heavy atom. The van der Waals surface area contributed by atoms with Crippen LogP contribution in [0.15, 0.2) is 54.7 Å². The van der Waals surface area contributed by atoms with Crippen molar-refractivity contribution in [2.75, 3.05) is 29.7 Å². The molecule has 2 aromatic carbocycles. The number of urea groups is 1. The molecular weight excluding hydrogens is 588 g/mol. The summed E-state index contributed by atoms with van der Waals surface area (Å²) in [7, 11) is 0. The second kappa shape index (κ2) is 13.3. The van der Waals surface area contributed by atoms with Crippen LogP contribution in [0.25, 0.3) is 0 Å². The highest BCUT2D eigenvalue weighted by molar-refractivity contribution is 6.26. The van der Waals surface area contributed by atoms with Gasteiger partial charge in [0.2, 0.25) is 5.82 Å². The van der Waals surface area contributed by atoms with E-state index >= 15 is 0 Å². The summed E-state index contributed by atoms with van der Waals surface area (Å²) in [6.07, 6.45) is -8.17. The summed E-state index contributed by atoms with van der Waals surface area (Å²) in [6.45, 7) is -0.428. The van der Waals surface area contributed by atoms with E-state index in [4.69, 9.17) is 16.3 Å². The molecule has 17 heteroatoms. The minimum atomic E-state index is -4.88. The zero-order valence-electron chi connectivity index (χ0n) is 20.6. The smallest absolute Gasteiger partial charge is 0.463 e. The topological polar surface area (TPSA) is 124 Å². The van der Waals surface area contributed by atoms with Gasteiger partial charge < -0.3 is 24.7 Å². The van der Waals surface area contributed by atoms with Crippen LogP contribution in [-0.2, 0) is 22.3 Å². The monoisotopic (exact) mass is 607 g/mol. The van der Waals surface area contributed by atoms with Crippen LogP contribution in [0.3, 0.4) is 0 Å². The van der Waals surface area contributed by atoms with Gasteiger partial charge in [-0.25, -0.2) is 9.78 Å². The number of esters is 1. The van der Waals surface area contributed by atoms with E-state index in [1.165, 1.54) is 22.9 Å². The minimum Gasteiger partial charge on any atom is -0.463 e. The van der Waals surface area contributed by atoms with Crippen molar-refractivity contribution >= 4 is 41.0 Å². The first kappa shape index (κ1) is 31.1. The molecule has 3 amide bonds. The Hall–Kier alpha value is -4.47. The van der Waals surface area contributed by atoms with Crippen molar-refractivity contribution in [3.63, 3.8) is 0 Å². The van der Waals surface area contributed by atoms with Crippen molar-refractivity contribution in [1.29, 1.82) is 0 Å². The van der Waals surface area contributed by atoms with Crippen LogP contribution in [0.4, 0.5) is 42.6 Å². The van der Waals surface area contributed by atoms with Gasteiger partial charge in [-0.1, -0.05) is 12.1 Å². The van der Waals surface area contributed by atoms with Gasteiger partial charge in [0.15, 0.2) is 5.82 Å². The Morgan fingerprint density at radius 3 is 2.17 bits per heavy atom. The van der Waals surface area contributed by atoms with Gasteiger partial charge in [-0.15, -0.1) is 24.8 Å². The number of hydrogen-bond acceptors (Lipinski definition) is 6. The van der Waals surface area contributed by atoms with Crippen molar-refractivity contribution < 1.29 is 50.2 Å². The zero-order valence-corrected chi connectivity index (χ0v) is 21.4. The number of carbonyl (C=O) groups excluding carboxylic acids is 3. The fraction of sp³-hybridized carbons (Fsp3) is 0.250. The molecule has 0 saturated heterocycles. The molecule has 10 nitrogen and oxygen atoms in total. The molecule has 0 aliphatic rings. The number of carbonyl (C=O) groups is 3. The normalized spacial score (nSPS) is 11.5. The average molecular weight is 608 g/mol. The van der Waals surface area contributed by atoms with Crippen LogP contribution in [0, 0.1) is 0 Å². The number of amides is 3. The van der Waals surface area contributed by atoms with E-state index in [0.717, 1.165) is 36.4 Å². The summed E-state index contributed by atoms with van der Waals surface area (Å²) in [5.74, 6) is -2.72. The Bertz CT molecular complexity index is 1360. The van der Waals surface area contributed by atoms with Gasteiger partial charge >= 0.3 is 24.5 Å². The summed E-state index contributed by atoms with van der Waals surface area (Å²) in [4.78, 5) is 40.4. The van der Waals surface area contributed by atoms with Crippen LogP contribution in [0.1, 0.15) is 21.7 Å². The standard InChI is InChI=1S/C24H20ClF6N5O5/c25-11-19(37)40-10-9-32-21(38)20-34-18(13-36(20)12-14-1-3-15(4-2-14)23(26,27)28)35-22(39)33-16-5-7-17(8-6-16)41-24(29,30)31/h1-8,13H,9-12H2,(H,32,38)(H2,33,35,39). The Balaban J connectivity index is 1.73. The van der Waals surface area contributed by atoms with Crippen LogP contribution in [0.5, 0.6) is 5.75 Å². The molecule has 0 unspecified atom stereocenters. The van der Waals surface area contributed by atoms with Gasteiger partial charge in [0.05, 0.1) is 12.1 Å². The maximum absolute atomic E-state index is 12.9. The highest BCUT2D eigenvalue weighted by atomic mass is 35.5. The molecule has 0 aliphatic heterocycles. The third kappa shape index (κ3) is 9.90. The largest absolute Gasteiger partial charge is 0.573 e.